The molecule has 0 radical (unpaired) electrons. The number of benzene rings is 2. The van der Waals surface area contributed by atoms with Crippen LogP contribution in [0.1, 0.15) is 29.1 Å². The first-order chi connectivity index (χ1) is 15.0. The Bertz CT molecular complexity index is 1270. The molecule has 1 N–H and O–H groups in total. The number of para-hydroxylation sites is 1. The molecule has 0 aliphatic heterocycles. The minimum Gasteiger partial charge on any atom is -0.494 e. The summed E-state index contributed by atoms with van der Waals surface area (Å²) in [5.41, 5.74) is 6.21. The highest BCUT2D eigenvalue weighted by molar-refractivity contribution is 7.18. The van der Waals surface area contributed by atoms with Crippen molar-refractivity contribution in [3.8, 4) is 17.0 Å². The number of amides is 1. The summed E-state index contributed by atoms with van der Waals surface area (Å²) in [6.07, 6.45) is 0. The summed E-state index contributed by atoms with van der Waals surface area (Å²) >= 11 is 7.41. The number of halogens is 1. The Morgan fingerprint density at radius 1 is 1.13 bits per heavy atom. The lowest BCUT2D eigenvalue weighted by Gasteiger charge is -2.10. The van der Waals surface area contributed by atoms with Crippen molar-refractivity contribution in [1.29, 1.82) is 0 Å². The number of thiophene rings is 1. The van der Waals surface area contributed by atoms with E-state index in [0.29, 0.717) is 27.9 Å². The van der Waals surface area contributed by atoms with Gasteiger partial charge in [-0.25, -0.2) is 10.4 Å². The lowest BCUT2D eigenvalue weighted by Crippen LogP contribution is -2.19. The van der Waals surface area contributed by atoms with Gasteiger partial charge in [0, 0.05) is 10.9 Å². The number of nitrogens with zero attached hydrogens (tertiary/aromatic N) is 2. The van der Waals surface area contributed by atoms with Crippen LogP contribution in [0.15, 0.2) is 71.8 Å². The number of pyridine rings is 1. The van der Waals surface area contributed by atoms with Crippen LogP contribution in [0.3, 0.4) is 0 Å². The molecule has 0 saturated heterocycles. The van der Waals surface area contributed by atoms with Gasteiger partial charge in [-0.1, -0.05) is 29.8 Å². The largest absolute Gasteiger partial charge is 0.494 e. The average Bonchev–Trinajstić information content (AvgIpc) is 3.23. The van der Waals surface area contributed by atoms with Crippen LogP contribution in [0.4, 0.5) is 0 Å². The molecule has 2 aromatic carbocycles. The monoisotopic (exact) mass is 449 g/mol. The Morgan fingerprint density at radius 2 is 1.90 bits per heavy atom. The fourth-order valence-corrected chi connectivity index (χ4v) is 4.15. The third-order valence-corrected chi connectivity index (χ3v) is 6.02. The van der Waals surface area contributed by atoms with Crippen LogP contribution in [-0.2, 0) is 0 Å². The lowest BCUT2D eigenvalue weighted by molar-refractivity contribution is 0.0956. The molecule has 2 heterocycles. The van der Waals surface area contributed by atoms with E-state index in [-0.39, 0.29) is 5.91 Å². The molecule has 2 aromatic heterocycles. The Balaban J connectivity index is 1.68. The van der Waals surface area contributed by atoms with Crippen LogP contribution < -0.4 is 10.2 Å². The maximum absolute atomic E-state index is 13.0. The van der Waals surface area contributed by atoms with E-state index in [1.807, 2.05) is 74.5 Å². The van der Waals surface area contributed by atoms with Crippen molar-refractivity contribution >= 4 is 45.5 Å². The predicted octanol–water partition coefficient (Wildman–Crippen LogP) is 6.17. The highest BCUT2D eigenvalue weighted by Crippen LogP contribution is 2.27. The summed E-state index contributed by atoms with van der Waals surface area (Å²) in [5, 5.41) is 5.02. The molecule has 0 aliphatic carbocycles. The summed E-state index contributed by atoms with van der Waals surface area (Å²) in [6.45, 7) is 4.38. The molecule has 0 unspecified atom stereocenters. The molecular weight excluding hydrogens is 430 g/mol. The topological polar surface area (TPSA) is 63.6 Å². The quantitative estimate of drug-likeness (QED) is 0.283. The predicted molar refractivity (Wildman–Crippen MR) is 127 cm³/mol. The summed E-state index contributed by atoms with van der Waals surface area (Å²) in [4.78, 5) is 18.7. The Morgan fingerprint density at radius 3 is 2.61 bits per heavy atom. The molecule has 7 heteroatoms. The van der Waals surface area contributed by atoms with Gasteiger partial charge in [-0.3, -0.25) is 4.79 Å². The minimum absolute atomic E-state index is 0.298. The van der Waals surface area contributed by atoms with Crippen molar-refractivity contribution in [2.45, 2.75) is 13.8 Å². The normalized spacial score (nSPS) is 11.5. The number of rotatable bonds is 6. The fourth-order valence-electron chi connectivity index (χ4n) is 3.16. The number of fused-ring (bicyclic) bond motifs is 1. The van der Waals surface area contributed by atoms with E-state index in [0.717, 1.165) is 27.1 Å². The Kier molecular flexibility index (Phi) is 6.30. The number of hydrazone groups is 1. The fraction of sp³-hybridized carbons (Fsp3) is 0.125. The van der Waals surface area contributed by atoms with E-state index >= 15 is 0 Å². The van der Waals surface area contributed by atoms with Crippen molar-refractivity contribution in [3.63, 3.8) is 0 Å². The summed E-state index contributed by atoms with van der Waals surface area (Å²) in [5.74, 6) is 0.497. The molecule has 5 nitrogen and oxygen atoms in total. The molecule has 1 amide bonds. The number of hydrogen-bond acceptors (Lipinski definition) is 5. The van der Waals surface area contributed by atoms with Gasteiger partial charge in [-0.15, -0.1) is 11.3 Å². The third-order valence-electron chi connectivity index (χ3n) is 4.68. The molecule has 156 valence electrons. The van der Waals surface area contributed by atoms with E-state index in [4.69, 9.17) is 21.3 Å². The summed E-state index contributed by atoms with van der Waals surface area (Å²) < 4.78 is 6.19. The lowest BCUT2D eigenvalue weighted by atomic mass is 10.0. The molecule has 0 atom stereocenters. The minimum atomic E-state index is -0.298. The van der Waals surface area contributed by atoms with Crippen molar-refractivity contribution in [1.82, 2.24) is 10.4 Å². The van der Waals surface area contributed by atoms with E-state index in [1.54, 1.807) is 6.07 Å². The molecular formula is C24H20ClN3O2S. The molecule has 4 rings (SSSR count). The van der Waals surface area contributed by atoms with Crippen LogP contribution in [0, 0.1) is 0 Å². The van der Waals surface area contributed by atoms with Gasteiger partial charge < -0.3 is 4.74 Å². The molecule has 0 fully saturated rings. The van der Waals surface area contributed by atoms with Crippen LogP contribution in [0.2, 0.25) is 4.34 Å². The van der Waals surface area contributed by atoms with Gasteiger partial charge in [0.15, 0.2) is 0 Å². The van der Waals surface area contributed by atoms with Gasteiger partial charge in [0.05, 0.1) is 38.3 Å². The SMILES string of the molecule is CCOc1ccc(-c2cc(C(=O)NN=C(C)c3ccc(Cl)s3)c3ccccc3n2)cc1. The number of hydrogen-bond donors (Lipinski definition) is 1. The van der Waals surface area contributed by atoms with Gasteiger partial charge >= 0.3 is 0 Å². The first-order valence-corrected chi connectivity index (χ1v) is 11.0. The summed E-state index contributed by atoms with van der Waals surface area (Å²) in [7, 11) is 0. The highest BCUT2D eigenvalue weighted by atomic mass is 35.5. The average molecular weight is 450 g/mol. The number of ether oxygens (including phenoxy) is 1. The molecule has 0 aliphatic rings. The van der Waals surface area contributed by atoms with Crippen molar-refractivity contribution in [2.24, 2.45) is 5.10 Å². The Labute approximate surface area is 189 Å². The van der Waals surface area contributed by atoms with Crippen molar-refractivity contribution in [2.75, 3.05) is 6.61 Å². The first kappa shape index (κ1) is 21.0. The second-order valence-electron chi connectivity index (χ2n) is 6.77. The van der Waals surface area contributed by atoms with Gasteiger partial charge in [-0.05, 0) is 62.4 Å². The van der Waals surface area contributed by atoms with Gasteiger partial charge in [-0.2, -0.15) is 5.10 Å². The molecule has 0 bridgehead atoms. The first-order valence-electron chi connectivity index (χ1n) is 9.78. The molecule has 4 aromatic rings. The molecule has 31 heavy (non-hydrogen) atoms. The van der Waals surface area contributed by atoms with Crippen molar-refractivity contribution < 1.29 is 9.53 Å². The smallest absolute Gasteiger partial charge is 0.272 e. The maximum atomic E-state index is 13.0. The molecule has 0 saturated carbocycles. The maximum Gasteiger partial charge on any atom is 0.272 e. The van der Waals surface area contributed by atoms with Gasteiger partial charge in [0.1, 0.15) is 5.75 Å². The van der Waals surface area contributed by atoms with E-state index in [2.05, 4.69) is 10.5 Å². The zero-order valence-corrected chi connectivity index (χ0v) is 18.6. The Hall–Kier alpha value is -3.22. The van der Waals surface area contributed by atoms with E-state index in [1.165, 1.54) is 11.3 Å². The van der Waals surface area contributed by atoms with Crippen LogP contribution in [0.25, 0.3) is 22.2 Å². The standard InChI is InChI=1S/C24H20ClN3O2S/c1-3-30-17-10-8-16(9-11-17)21-14-19(18-6-4-5-7-20(18)26-21)24(29)28-27-15(2)22-12-13-23(25)31-22/h4-14H,3H2,1-2H3,(H,28,29). The third kappa shape index (κ3) is 4.76. The number of nitrogens with one attached hydrogen (secondary N) is 1. The summed E-state index contributed by atoms with van der Waals surface area (Å²) in [6, 6.07) is 20.7. The van der Waals surface area contributed by atoms with E-state index < -0.39 is 0 Å². The number of carbonyl (C=O) groups excluding carboxylic acids is 1. The zero-order chi connectivity index (χ0) is 21.8. The second kappa shape index (κ2) is 9.29. The highest BCUT2D eigenvalue weighted by Gasteiger charge is 2.14. The van der Waals surface area contributed by atoms with Crippen LogP contribution in [-0.4, -0.2) is 23.2 Å². The zero-order valence-electron chi connectivity index (χ0n) is 17.1. The van der Waals surface area contributed by atoms with Crippen molar-refractivity contribution in [3.05, 3.63) is 81.5 Å². The second-order valence-corrected chi connectivity index (χ2v) is 8.49. The van der Waals surface area contributed by atoms with E-state index in [9.17, 15) is 4.79 Å². The molecule has 0 spiro atoms. The van der Waals surface area contributed by atoms with Gasteiger partial charge in [0.25, 0.3) is 5.91 Å². The van der Waals surface area contributed by atoms with Crippen LogP contribution in [0.5, 0.6) is 5.75 Å². The van der Waals surface area contributed by atoms with Gasteiger partial charge in [0.2, 0.25) is 0 Å². The number of carbonyl (C=O) groups is 1. The van der Waals surface area contributed by atoms with Crippen LogP contribution >= 0.6 is 22.9 Å². The number of aromatic nitrogens is 1.